The lowest BCUT2D eigenvalue weighted by Crippen LogP contribution is -1.90. The first-order valence-corrected chi connectivity index (χ1v) is 5.02. The van der Waals surface area contributed by atoms with E-state index in [4.69, 9.17) is 11.5 Å². The maximum absolute atomic E-state index is 5.99. The zero-order valence-electron chi connectivity index (χ0n) is 8.33. The first-order chi connectivity index (χ1) is 7.25. The number of hydrogen-bond donors (Lipinski definition) is 2. The SMILES string of the molecule is Nc1ccc2c(c1)Cc1cccc(N)c1-2. The van der Waals surface area contributed by atoms with Crippen LogP contribution in [-0.2, 0) is 6.42 Å². The van der Waals surface area contributed by atoms with Crippen LogP contribution < -0.4 is 11.5 Å². The molecule has 4 N–H and O–H groups in total. The quantitative estimate of drug-likeness (QED) is 0.542. The predicted octanol–water partition coefficient (Wildman–Crippen LogP) is 2.42. The molecule has 3 rings (SSSR count). The second kappa shape index (κ2) is 2.76. The van der Waals surface area contributed by atoms with Crippen LogP contribution in [-0.4, -0.2) is 0 Å². The van der Waals surface area contributed by atoms with Crippen molar-refractivity contribution in [3.8, 4) is 11.1 Å². The molecule has 0 aliphatic heterocycles. The number of fused-ring (bicyclic) bond motifs is 3. The number of benzene rings is 2. The third-order valence-electron chi connectivity index (χ3n) is 2.96. The van der Waals surface area contributed by atoms with Crippen LogP contribution in [0.1, 0.15) is 11.1 Å². The smallest absolute Gasteiger partial charge is 0.0396 e. The molecule has 2 nitrogen and oxygen atoms in total. The van der Waals surface area contributed by atoms with Crippen molar-refractivity contribution < 1.29 is 0 Å². The Morgan fingerprint density at radius 3 is 2.67 bits per heavy atom. The van der Waals surface area contributed by atoms with Crippen LogP contribution in [0, 0.1) is 0 Å². The van der Waals surface area contributed by atoms with E-state index in [2.05, 4.69) is 12.1 Å². The number of hydrogen-bond acceptors (Lipinski definition) is 2. The third kappa shape index (κ3) is 1.11. The molecule has 0 bridgehead atoms. The summed E-state index contributed by atoms with van der Waals surface area (Å²) in [5.41, 5.74) is 18.4. The van der Waals surface area contributed by atoms with E-state index in [-0.39, 0.29) is 0 Å². The van der Waals surface area contributed by atoms with Crippen molar-refractivity contribution in [2.75, 3.05) is 11.5 Å². The molecule has 0 saturated carbocycles. The second-order valence-electron chi connectivity index (χ2n) is 3.97. The molecule has 0 spiro atoms. The van der Waals surface area contributed by atoms with Crippen molar-refractivity contribution in [2.45, 2.75) is 6.42 Å². The van der Waals surface area contributed by atoms with Crippen LogP contribution in [0.4, 0.5) is 11.4 Å². The average molecular weight is 196 g/mol. The highest BCUT2D eigenvalue weighted by atomic mass is 14.6. The van der Waals surface area contributed by atoms with Gasteiger partial charge < -0.3 is 11.5 Å². The van der Waals surface area contributed by atoms with Gasteiger partial charge in [0, 0.05) is 16.9 Å². The molecule has 0 unspecified atom stereocenters. The Labute approximate surface area is 88.5 Å². The lowest BCUT2D eigenvalue weighted by atomic mass is 10.0. The Kier molecular flexibility index (Phi) is 1.54. The van der Waals surface area contributed by atoms with Gasteiger partial charge in [0.05, 0.1) is 0 Å². The molecular formula is C13H12N2. The highest BCUT2D eigenvalue weighted by molar-refractivity contribution is 5.86. The fourth-order valence-electron chi connectivity index (χ4n) is 2.30. The summed E-state index contributed by atoms with van der Waals surface area (Å²) in [7, 11) is 0. The zero-order valence-corrected chi connectivity index (χ0v) is 8.33. The minimum absolute atomic E-state index is 0.820. The van der Waals surface area contributed by atoms with Crippen molar-refractivity contribution in [1.29, 1.82) is 0 Å². The second-order valence-corrected chi connectivity index (χ2v) is 3.97. The number of nitrogens with two attached hydrogens (primary N) is 2. The van der Waals surface area contributed by atoms with Gasteiger partial charge in [-0.15, -0.1) is 0 Å². The van der Waals surface area contributed by atoms with E-state index in [0.717, 1.165) is 17.8 Å². The van der Waals surface area contributed by atoms with Gasteiger partial charge in [0.2, 0.25) is 0 Å². The van der Waals surface area contributed by atoms with Crippen LogP contribution in [0.2, 0.25) is 0 Å². The Bertz CT molecular complexity index is 544. The molecule has 0 amide bonds. The molecule has 1 aliphatic carbocycles. The fourth-order valence-corrected chi connectivity index (χ4v) is 2.30. The summed E-state index contributed by atoms with van der Waals surface area (Å²) in [6.45, 7) is 0. The topological polar surface area (TPSA) is 52.0 Å². The lowest BCUT2D eigenvalue weighted by molar-refractivity contribution is 1.26. The van der Waals surface area contributed by atoms with Gasteiger partial charge in [-0.1, -0.05) is 18.2 Å². The average Bonchev–Trinajstić information content (AvgIpc) is 2.56. The van der Waals surface area contributed by atoms with E-state index in [1.807, 2.05) is 24.3 Å². The van der Waals surface area contributed by atoms with E-state index >= 15 is 0 Å². The van der Waals surface area contributed by atoms with E-state index in [0.29, 0.717) is 0 Å². The first kappa shape index (κ1) is 8.36. The molecule has 2 aromatic carbocycles. The molecule has 1 aliphatic rings. The normalized spacial score (nSPS) is 12.3. The molecule has 74 valence electrons. The van der Waals surface area contributed by atoms with Crippen molar-refractivity contribution in [3.63, 3.8) is 0 Å². The minimum atomic E-state index is 0.820. The summed E-state index contributed by atoms with van der Waals surface area (Å²) in [5, 5.41) is 0. The van der Waals surface area contributed by atoms with E-state index in [9.17, 15) is 0 Å². The fraction of sp³-hybridized carbons (Fsp3) is 0.0769. The number of rotatable bonds is 0. The summed E-state index contributed by atoms with van der Waals surface area (Å²) in [4.78, 5) is 0. The van der Waals surface area contributed by atoms with Crippen LogP contribution in [0.3, 0.4) is 0 Å². The van der Waals surface area contributed by atoms with Gasteiger partial charge in [-0.3, -0.25) is 0 Å². The van der Waals surface area contributed by atoms with Crippen molar-refractivity contribution >= 4 is 11.4 Å². The Morgan fingerprint density at radius 1 is 0.933 bits per heavy atom. The predicted molar refractivity (Wildman–Crippen MR) is 63.5 cm³/mol. The van der Waals surface area contributed by atoms with Crippen molar-refractivity contribution in [3.05, 3.63) is 47.5 Å². The van der Waals surface area contributed by atoms with Gasteiger partial charge in [0.15, 0.2) is 0 Å². The molecule has 0 atom stereocenters. The Balaban J connectivity index is 2.31. The summed E-state index contributed by atoms with van der Waals surface area (Å²) in [6, 6.07) is 12.1. The number of nitrogen functional groups attached to an aromatic ring is 2. The van der Waals surface area contributed by atoms with Gasteiger partial charge in [-0.25, -0.2) is 0 Å². The maximum atomic E-state index is 5.99. The van der Waals surface area contributed by atoms with Gasteiger partial charge >= 0.3 is 0 Å². The summed E-state index contributed by atoms with van der Waals surface area (Å²) in [5.74, 6) is 0. The highest BCUT2D eigenvalue weighted by Gasteiger charge is 2.19. The molecule has 2 heteroatoms. The molecule has 0 saturated heterocycles. The van der Waals surface area contributed by atoms with Crippen LogP contribution >= 0.6 is 0 Å². The third-order valence-corrected chi connectivity index (χ3v) is 2.96. The van der Waals surface area contributed by atoms with Gasteiger partial charge in [0.25, 0.3) is 0 Å². The zero-order chi connectivity index (χ0) is 10.4. The highest BCUT2D eigenvalue weighted by Crippen LogP contribution is 2.40. The Morgan fingerprint density at radius 2 is 1.80 bits per heavy atom. The summed E-state index contributed by atoms with van der Waals surface area (Å²) in [6.07, 6.45) is 0.945. The molecule has 0 heterocycles. The van der Waals surface area contributed by atoms with Gasteiger partial charge in [-0.2, -0.15) is 0 Å². The van der Waals surface area contributed by atoms with Gasteiger partial charge in [-0.05, 0) is 41.3 Å². The van der Waals surface area contributed by atoms with Crippen LogP contribution in [0.25, 0.3) is 11.1 Å². The summed E-state index contributed by atoms with van der Waals surface area (Å²) < 4.78 is 0. The van der Waals surface area contributed by atoms with E-state index in [1.54, 1.807) is 0 Å². The van der Waals surface area contributed by atoms with Crippen molar-refractivity contribution in [1.82, 2.24) is 0 Å². The van der Waals surface area contributed by atoms with Gasteiger partial charge in [0.1, 0.15) is 0 Å². The summed E-state index contributed by atoms with van der Waals surface area (Å²) >= 11 is 0. The molecule has 15 heavy (non-hydrogen) atoms. The number of anilines is 2. The maximum Gasteiger partial charge on any atom is 0.0396 e. The lowest BCUT2D eigenvalue weighted by Gasteiger charge is -2.04. The Hall–Kier alpha value is -1.96. The molecule has 0 fully saturated rings. The minimum Gasteiger partial charge on any atom is -0.399 e. The standard InChI is InChI=1S/C13H12N2/c14-10-4-5-11-9(7-10)6-8-2-1-3-12(15)13(8)11/h1-5,7H,6,14-15H2. The monoisotopic (exact) mass is 196 g/mol. The molecule has 0 radical (unpaired) electrons. The molecular weight excluding hydrogens is 184 g/mol. The molecule has 2 aromatic rings. The largest absolute Gasteiger partial charge is 0.399 e. The van der Waals surface area contributed by atoms with Crippen molar-refractivity contribution in [2.24, 2.45) is 0 Å². The van der Waals surface area contributed by atoms with Crippen LogP contribution in [0.5, 0.6) is 0 Å². The first-order valence-electron chi connectivity index (χ1n) is 5.02. The molecule has 0 aromatic heterocycles. The van der Waals surface area contributed by atoms with Crippen LogP contribution in [0.15, 0.2) is 36.4 Å². The van der Waals surface area contributed by atoms with E-state index in [1.165, 1.54) is 22.3 Å². The van der Waals surface area contributed by atoms with E-state index < -0.39 is 0 Å².